The average molecular weight is 235 g/mol. The minimum absolute atomic E-state index is 0.0540. The molecule has 0 saturated heterocycles. The molecule has 0 unspecified atom stereocenters. The highest BCUT2D eigenvalue weighted by Crippen LogP contribution is 2.29. The van der Waals surface area contributed by atoms with Gasteiger partial charge in [0, 0.05) is 13.5 Å². The molecule has 17 heavy (non-hydrogen) atoms. The second-order valence-electron chi connectivity index (χ2n) is 3.42. The first-order chi connectivity index (χ1) is 8.19. The van der Waals surface area contributed by atoms with Crippen molar-refractivity contribution in [3.05, 3.63) is 29.8 Å². The van der Waals surface area contributed by atoms with Gasteiger partial charge in [-0.1, -0.05) is 12.1 Å². The first-order valence-corrected chi connectivity index (χ1v) is 5.31. The lowest BCUT2D eigenvalue weighted by Crippen LogP contribution is -2.19. The summed E-state index contributed by atoms with van der Waals surface area (Å²) in [5.74, 6) is 1.42. The van der Waals surface area contributed by atoms with Gasteiger partial charge in [-0.25, -0.2) is 0 Å². The highest BCUT2D eigenvalue weighted by molar-refractivity contribution is 5.73. The fourth-order valence-electron chi connectivity index (χ4n) is 1.42. The van der Waals surface area contributed by atoms with Crippen LogP contribution in [-0.2, 0) is 4.79 Å². The number of hydrogen-bond acceptors (Lipinski definition) is 3. The Bertz CT molecular complexity index is 391. The van der Waals surface area contributed by atoms with Crippen molar-refractivity contribution in [3.8, 4) is 11.5 Å². The van der Waals surface area contributed by atoms with Crippen LogP contribution in [0, 0.1) is 0 Å². The molecule has 0 aromatic heterocycles. The molecule has 0 atom stereocenters. The Morgan fingerprint density at radius 1 is 1.29 bits per heavy atom. The summed E-state index contributed by atoms with van der Waals surface area (Å²) in [6.45, 7) is 1.97. The lowest BCUT2D eigenvalue weighted by Gasteiger charge is -2.09. The van der Waals surface area contributed by atoms with E-state index in [9.17, 15) is 4.79 Å². The SMILES string of the molecule is COc1cccc(OC)c1C=CCNC(C)=O. The Balaban J connectivity index is 2.83. The number of ether oxygens (including phenoxy) is 2. The van der Waals surface area contributed by atoms with E-state index in [1.807, 2.05) is 30.4 Å². The number of benzene rings is 1. The quantitative estimate of drug-likeness (QED) is 0.847. The summed E-state index contributed by atoms with van der Waals surface area (Å²) < 4.78 is 10.5. The minimum atomic E-state index is -0.0540. The van der Waals surface area contributed by atoms with E-state index in [0.29, 0.717) is 6.54 Å². The van der Waals surface area contributed by atoms with Crippen LogP contribution in [0.5, 0.6) is 11.5 Å². The third kappa shape index (κ3) is 3.83. The van der Waals surface area contributed by atoms with Crippen LogP contribution in [0.4, 0.5) is 0 Å². The molecule has 1 rings (SSSR count). The molecule has 1 aromatic carbocycles. The fourth-order valence-corrected chi connectivity index (χ4v) is 1.42. The normalized spacial score (nSPS) is 10.3. The summed E-state index contributed by atoms with van der Waals surface area (Å²) in [7, 11) is 3.22. The van der Waals surface area contributed by atoms with Gasteiger partial charge >= 0.3 is 0 Å². The molecule has 0 radical (unpaired) electrons. The van der Waals surface area contributed by atoms with Crippen molar-refractivity contribution in [2.45, 2.75) is 6.92 Å². The summed E-state index contributed by atoms with van der Waals surface area (Å²) in [5.41, 5.74) is 0.864. The fraction of sp³-hybridized carbons (Fsp3) is 0.308. The maximum atomic E-state index is 10.7. The maximum absolute atomic E-state index is 10.7. The molecule has 1 amide bonds. The van der Waals surface area contributed by atoms with E-state index in [4.69, 9.17) is 9.47 Å². The van der Waals surface area contributed by atoms with Crippen molar-refractivity contribution < 1.29 is 14.3 Å². The zero-order chi connectivity index (χ0) is 12.7. The lowest BCUT2D eigenvalue weighted by atomic mass is 10.1. The summed E-state index contributed by atoms with van der Waals surface area (Å²) in [5, 5.41) is 2.68. The summed E-state index contributed by atoms with van der Waals surface area (Å²) in [4.78, 5) is 10.7. The molecular weight excluding hydrogens is 218 g/mol. The molecule has 0 aliphatic heterocycles. The molecular formula is C13H17NO3. The van der Waals surface area contributed by atoms with Crippen LogP contribution in [0.2, 0.25) is 0 Å². The molecule has 0 spiro atoms. The summed E-state index contributed by atoms with van der Waals surface area (Å²) in [6, 6.07) is 5.59. The molecule has 92 valence electrons. The third-order valence-corrected chi connectivity index (χ3v) is 2.22. The largest absolute Gasteiger partial charge is 0.496 e. The highest BCUT2D eigenvalue weighted by atomic mass is 16.5. The summed E-state index contributed by atoms with van der Waals surface area (Å²) >= 11 is 0. The van der Waals surface area contributed by atoms with Crippen molar-refractivity contribution in [2.75, 3.05) is 20.8 Å². The molecule has 1 aromatic rings. The predicted molar refractivity (Wildman–Crippen MR) is 67.3 cm³/mol. The van der Waals surface area contributed by atoms with E-state index < -0.39 is 0 Å². The minimum Gasteiger partial charge on any atom is -0.496 e. The van der Waals surface area contributed by atoms with Crippen LogP contribution in [-0.4, -0.2) is 26.7 Å². The van der Waals surface area contributed by atoms with Gasteiger partial charge in [0.15, 0.2) is 0 Å². The number of hydrogen-bond donors (Lipinski definition) is 1. The first-order valence-electron chi connectivity index (χ1n) is 5.31. The Morgan fingerprint density at radius 2 is 1.88 bits per heavy atom. The van der Waals surface area contributed by atoms with Crippen molar-refractivity contribution in [1.82, 2.24) is 5.32 Å². The Morgan fingerprint density at radius 3 is 2.35 bits per heavy atom. The highest BCUT2D eigenvalue weighted by Gasteiger charge is 2.05. The molecule has 0 bridgehead atoms. The van der Waals surface area contributed by atoms with E-state index in [1.54, 1.807) is 14.2 Å². The summed E-state index contributed by atoms with van der Waals surface area (Å²) in [6.07, 6.45) is 3.72. The van der Waals surface area contributed by atoms with Gasteiger partial charge in [-0.15, -0.1) is 0 Å². The molecule has 4 heteroatoms. The van der Waals surface area contributed by atoms with Crippen molar-refractivity contribution >= 4 is 12.0 Å². The van der Waals surface area contributed by atoms with Crippen LogP contribution in [0.1, 0.15) is 12.5 Å². The Labute approximate surface area is 101 Å². The Hall–Kier alpha value is -1.97. The maximum Gasteiger partial charge on any atom is 0.217 e. The van der Waals surface area contributed by atoms with Gasteiger partial charge in [0.2, 0.25) is 5.91 Å². The second-order valence-corrected chi connectivity index (χ2v) is 3.42. The van der Waals surface area contributed by atoms with Gasteiger partial charge < -0.3 is 14.8 Å². The second kappa shape index (κ2) is 6.58. The van der Waals surface area contributed by atoms with Gasteiger partial charge in [-0.3, -0.25) is 4.79 Å². The van der Waals surface area contributed by atoms with Crippen molar-refractivity contribution in [1.29, 1.82) is 0 Å². The third-order valence-electron chi connectivity index (χ3n) is 2.22. The van der Waals surface area contributed by atoms with Gasteiger partial charge in [-0.2, -0.15) is 0 Å². The van der Waals surface area contributed by atoms with E-state index >= 15 is 0 Å². The number of carbonyl (C=O) groups excluding carboxylic acids is 1. The number of amides is 1. The van der Waals surface area contributed by atoms with Gasteiger partial charge in [0.1, 0.15) is 11.5 Å². The molecule has 0 fully saturated rings. The van der Waals surface area contributed by atoms with Crippen molar-refractivity contribution in [3.63, 3.8) is 0 Å². The molecule has 0 saturated carbocycles. The molecule has 1 N–H and O–H groups in total. The van der Waals surface area contributed by atoms with Gasteiger partial charge in [0.05, 0.1) is 19.8 Å². The first kappa shape index (κ1) is 13.1. The lowest BCUT2D eigenvalue weighted by molar-refractivity contribution is -0.118. The number of carbonyl (C=O) groups is 1. The Kier molecular flexibility index (Phi) is 5.07. The smallest absolute Gasteiger partial charge is 0.217 e. The topological polar surface area (TPSA) is 47.6 Å². The molecule has 0 aliphatic carbocycles. The van der Waals surface area contributed by atoms with Gasteiger partial charge in [0.25, 0.3) is 0 Å². The number of rotatable bonds is 5. The van der Waals surface area contributed by atoms with Crippen LogP contribution >= 0.6 is 0 Å². The van der Waals surface area contributed by atoms with Crippen molar-refractivity contribution in [2.24, 2.45) is 0 Å². The van der Waals surface area contributed by atoms with E-state index in [-0.39, 0.29) is 5.91 Å². The predicted octanol–water partition coefficient (Wildman–Crippen LogP) is 1.85. The zero-order valence-corrected chi connectivity index (χ0v) is 10.3. The number of methoxy groups -OCH3 is 2. The van der Waals surface area contributed by atoms with Gasteiger partial charge in [-0.05, 0) is 18.2 Å². The van der Waals surface area contributed by atoms with Crippen LogP contribution < -0.4 is 14.8 Å². The van der Waals surface area contributed by atoms with E-state index in [2.05, 4.69) is 5.32 Å². The van der Waals surface area contributed by atoms with Crippen LogP contribution in [0.3, 0.4) is 0 Å². The average Bonchev–Trinajstić information content (AvgIpc) is 2.34. The zero-order valence-electron chi connectivity index (χ0n) is 10.3. The molecule has 0 heterocycles. The molecule has 0 aliphatic rings. The van der Waals surface area contributed by atoms with E-state index in [0.717, 1.165) is 17.1 Å². The van der Waals surface area contributed by atoms with E-state index in [1.165, 1.54) is 6.92 Å². The monoisotopic (exact) mass is 235 g/mol. The number of nitrogens with one attached hydrogen (secondary N) is 1. The standard InChI is InChI=1S/C13H17NO3/c1-10(15)14-9-5-6-11-12(16-2)7-4-8-13(11)17-3/h4-8H,9H2,1-3H3,(H,14,15). The van der Waals surface area contributed by atoms with Crippen LogP contribution in [0.15, 0.2) is 24.3 Å². The van der Waals surface area contributed by atoms with Crippen LogP contribution in [0.25, 0.3) is 6.08 Å². The molecule has 4 nitrogen and oxygen atoms in total.